The van der Waals surface area contributed by atoms with E-state index in [1.54, 1.807) is 12.4 Å². The van der Waals surface area contributed by atoms with Crippen LogP contribution in [0.2, 0.25) is 0 Å². The molecule has 0 aliphatic rings. The summed E-state index contributed by atoms with van der Waals surface area (Å²) in [6, 6.07) is 27.5. The van der Waals surface area contributed by atoms with Crippen LogP contribution in [0, 0.1) is 6.33 Å². The van der Waals surface area contributed by atoms with E-state index in [-0.39, 0.29) is 10.8 Å². The summed E-state index contributed by atoms with van der Waals surface area (Å²) in [5.74, 6) is 1.61. The van der Waals surface area contributed by atoms with E-state index in [4.69, 9.17) is 11.1 Å². The Hall–Kier alpha value is -5.23. The van der Waals surface area contributed by atoms with Crippen LogP contribution in [0.5, 0.6) is 11.5 Å². The highest BCUT2D eigenvalue weighted by Crippen LogP contribution is 2.38. The van der Waals surface area contributed by atoms with E-state index in [0.29, 0.717) is 11.5 Å². The molecule has 3 aromatic carbocycles. The first kappa shape index (κ1) is 32.0. The number of pyridine rings is 2. The van der Waals surface area contributed by atoms with Gasteiger partial charge in [0.25, 0.3) is 6.33 Å². The summed E-state index contributed by atoms with van der Waals surface area (Å²) in [6.45, 7) is 17.6. The third-order valence-electron chi connectivity index (χ3n) is 9.62. The molecule has 0 spiro atoms. The summed E-state index contributed by atoms with van der Waals surface area (Å²) < 4.78 is 21.5. The van der Waals surface area contributed by atoms with E-state index in [1.807, 2.05) is 58.1 Å². The fraction of sp³-hybridized carbons (Fsp3) is 0.295. The Morgan fingerprint density at radius 3 is 2.34 bits per heavy atom. The molecule has 6 heteroatoms. The Balaban J connectivity index is 1.25. The smallest absolute Gasteiger partial charge is 0.268 e. The summed E-state index contributed by atoms with van der Waals surface area (Å²) in [5, 5.41) is 2.34. The highest BCUT2D eigenvalue weighted by atomic mass is 16.5. The van der Waals surface area contributed by atoms with Crippen LogP contribution >= 0.6 is 0 Å². The van der Waals surface area contributed by atoms with Gasteiger partial charge in [0.05, 0.1) is 28.6 Å². The van der Waals surface area contributed by atoms with Crippen LogP contribution in [0.4, 0.5) is 0 Å². The molecule has 4 aromatic heterocycles. The Bertz CT molecular complexity index is 2370. The summed E-state index contributed by atoms with van der Waals surface area (Å²) in [7, 11) is 0. The van der Waals surface area contributed by atoms with Gasteiger partial charge in [-0.2, -0.15) is 0 Å². The fourth-order valence-corrected chi connectivity index (χ4v) is 6.65. The molecule has 0 aliphatic heterocycles. The van der Waals surface area contributed by atoms with Crippen LogP contribution in [-0.4, -0.2) is 19.1 Å². The third kappa shape index (κ3) is 6.42. The second-order valence-electron chi connectivity index (χ2n) is 15.1. The molecule has 254 valence electrons. The minimum atomic E-state index is -0.603. The molecule has 7 aromatic rings. The first-order valence-corrected chi connectivity index (χ1v) is 17.6. The highest BCUT2D eigenvalue weighted by Gasteiger charge is 2.21. The van der Waals surface area contributed by atoms with Gasteiger partial charge in [-0.25, -0.2) is 4.98 Å². The molecule has 7 rings (SSSR count). The van der Waals surface area contributed by atoms with Crippen molar-refractivity contribution in [3.8, 4) is 28.7 Å². The third-order valence-corrected chi connectivity index (χ3v) is 9.62. The second-order valence-corrected chi connectivity index (χ2v) is 15.1. The van der Waals surface area contributed by atoms with E-state index in [0.717, 1.165) is 52.0 Å². The largest absolute Gasteiger partial charge is 0.456 e. The lowest BCUT2D eigenvalue weighted by Gasteiger charge is -2.20. The molecular formula is C44H47N5O. The zero-order valence-electron chi connectivity index (χ0n) is 31.5. The molecule has 0 N–H and O–H groups in total. The number of imidazole rings is 1. The molecule has 0 saturated carbocycles. The van der Waals surface area contributed by atoms with Gasteiger partial charge in [-0.15, -0.1) is 0 Å². The van der Waals surface area contributed by atoms with Gasteiger partial charge in [0.15, 0.2) is 0 Å². The van der Waals surface area contributed by atoms with Crippen molar-refractivity contribution in [3.63, 3.8) is 0 Å². The first-order chi connectivity index (χ1) is 24.3. The zero-order chi connectivity index (χ0) is 36.1. The topological polar surface area (TPSA) is 48.8 Å². The molecule has 0 saturated heterocycles. The van der Waals surface area contributed by atoms with Gasteiger partial charge in [0.2, 0.25) is 0 Å². The molecule has 0 atom stereocenters. The Labute approximate surface area is 297 Å². The minimum Gasteiger partial charge on any atom is -0.456 e. The highest BCUT2D eigenvalue weighted by molar-refractivity contribution is 6.09. The van der Waals surface area contributed by atoms with Crippen LogP contribution < -0.4 is 9.30 Å². The maximum atomic E-state index is 8.91. The maximum Gasteiger partial charge on any atom is 0.268 e. The quantitative estimate of drug-likeness (QED) is 0.120. The van der Waals surface area contributed by atoms with Crippen molar-refractivity contribution in [3.05, 3.63) is 133 Å². The molecule has 0 aliphatic carbocycles. The normalized spacial score (nSPS) is 12.8. The summed E-state index contributed by atoms with van der Waals surface area (Å²) in [6.07, 6.45) is 14.3. The van der Waals surface area contributed by atoms with Crippen molar-refractivity contribution < 1.29 is 10.7 Å². The predicted octanol–water partition coefficient (Wildman–Crippen LogP) is 10.7. The van der Waals surface area contributed by atoms with Crippen molar-refractivity contribution in [2.75, 3.05) is 0 Å². The molecule has 4 heterocycles. The monoisotopic (exact) mass is 662 g/mol. The Kier molecular flexibility index (Phi) is 8.26. The van der Waals surface area contributed by atoms with Crippen molar-refractivity contribution in [2.45, 2.75) is 85.0 Å². The lowest BCUT2D eigenvalue weighted by Crippen LogP contribution is -2.28. The van der Waals surface area contributed by atoms with Crippen LogP contribution in [0.3, 0.4) is 0 Å². The van der Waals surface area contributed by atoms with Crippen LogP contribution in [-0.2, 0) is 10.8 Å². The van der Waals surface area contributed by atoms with Gasteiger partial charge in [-0.1, -0.05) is 73.6 Å². The summed E-state index contributed by atoms with van der Waals surface area (Å²) in [4.78, 5) is 9.39. The van der Waals surface area contributed by atoms with E-state index < -0.39 is 5.89 Å². The van der Waals surface area contributed by atoms with Gasteiger partial charge >= 0.3 is 0 Å². The lowest BCUT2D eigenvalue weighted by molar-refractivity contribution is -0.599. The summed E-state index contributed by atoms with van der Waals surface area (Å²) >= 11 is 0. The van der Waals surface area contributed by atoms with Crippen molar-refractivity contribution in [1.29, 1.82) is 0 Å². The number of ether oxygens (including phenoxy) is 1. The number of benzene rings is 3. The molecule has 0 fully saturated rings. The van der Waals surface area contributed by atoms with E-state index in [1.165, 1.54) is 16.5 Å². The second kappa shape index (κ2) is 12.9. The lowest BCUT2D eigenvalue weighted by atomic mass is 9.86. The number of hydrogen-bond acceptors (Lipinski definition) is 3. The van der Waals surface area contributed by atoms with Gasteiger partial charge in [-0.05, 0) is 101 Å². The Morgan fingerprint density at radius 1 is 0.800 bits per heavy atom. The van der Waals surface area contributed by atoms with Gasteiger partial charge in [-0.3, -0.25) is 18.7 Å². The number of hydrogen-bond donors (Lipinski definition) is 0. The number of fused-ring (bicyclic) bond motifs is 3. The average molecular weight is 663 g/mol. The molecule has 50 heavy (non-hydrogen) atoms. The molecule has 0 radical (unpaired) electrons. The SMILES string of the molecule is [2H]C(CC)(CC)c1cccc(-[n+]2[c-]n(-c3cncc(Oc4ccc5c6cc(C(C)(C)C)ccc6n(-c6cc(C(C)(C)C)ccn6)c5c4)c3)cc2)c1. The van der Waals surface area contributed by atoms with E-state index in [2.05, 4.69) is 120 Å². The van der Waals surface area contributed by atoms with Gasteiger partial charge in [0.1, 0.15) is 17.3 Å². The number of nitrogens with zero attached hydrogens (tertiary/aromatic N) is 5. The summed E-state index contributed by atoms with van der Waals surface area (Å²) in [5.41, 5.74) is 7.46. The van der Waals surface area contributed by atoms with Crippen molar-refractivity contribution in [2.24, 2.45) is 0 Å². The average Bonchev–Trinajstić information content (AvgIpc) is 3.74. The van der Waals surface area contributed by atoms with Crippen LogP contribution in [0.25, 0.3) is 39.0 Å². The van der Waals surface area contributed by atoms with Crippen LogP contribution in [0.15, 0.2) is 110 Å². The van der Waals surface area contributed by atoms with Crippen molar-refractivity contribution in [1.82, 2.24) is 19.1 Å². The molecule has 6 nitrogen and oxygen atoms in total. The molecule has 0 bridgehead atoms. The molecule has 0 unspecified atom stereocenters. The van der Waals surface area contributed by atoms with Gasteiger partial charge < -0.3 is 4.74 Å². The van der Waals surface area contributed by atoms with Crippen molar-refractivity contribution >= 4 is 21.8 Å². The number of aromatic nitrogens is 5. The predicted molar refractivity (Wildman–Crippen MR) is 203 cm³/mol. The molecule has 0 amide bonds. The standard InChI is InChI=1S/C44H47N5O/c1-9-30(10-2)31-12-11-13-34(22-31)47-20-21-48(29-47)35-25-37(28-45-27-35)50-36-15-16-38-39-23-32(43(3,4)5)14-17-40(39)49(41(38)26-36)42-24-33(18-19-46-42)44(6,7)8/h11-28,30H,9-10H2,1-8H3/i30D. The van der Waals surface area contributed by atoms with Gasteiger partial charge in [0, 0.05) is 43.0 Å². The minimum absolute atomic E-state index is 0.0133. The first-order valence-electron chi connectivity index (χ1n) is 18.1. The maximum absolute atomic E-state index is 8.91. The zero-order valence-corrected chi connectivity index (χ0v) is 30.5. The Morgan fingerprint density at radius 2 is 1.58 bits per heavy atom. The van der Waals surface area contributed by atoms with E-state index >= 15 is 0 Å². The number of rotatable bonds is 8. The van der Waals surface area contributed by atoms with E-state index in [9.17, 15) is 0 Å². The fourth-order valence-electron chi connectivity index (χ4n) is 6.65. The molecular weight excluding hydrogens is 615 g/mol. The van der Waals surface area contributed by atoms with Crippen LogP contribution in [0.1, 0.15) is 92.2 Å².